The van der Waals surface area contributed by atoms with Gasteiger partial charge in [0, 0.05) is 40.6 Å². The van der Waals surface area contributed by atoms with Gasteiger partial charge in [0.05, 0.1) is 11.1 Å². The van der Waals surface area contributed by atoms with Crippen LogP contribution in [0.5, 0.6) is 0 Å². The van der Waals surface area contributed by atoms with E-state index >= 15 is 0 Å². The van der Waals surface area contributed by atoms with E-state index in [2.05, 4.69) is 114 Å². The molecule has 0 saturated heterocycles. The van der Waals surface area contributed by atoms with Crippen molar-refractivity contribution in [2.75, 3.05) is 0 Å². The number of rotatable bonds is 0. The smallest absolute Gasteiger partial charge is 0.417 e. The zero-order chi connectivity index (χ0) is 22.6. The molecule has 0 saturated carbocycles. The normalized spacial score (nSPS) is 17.2. The number of fused-ring (bicyclic) bond motifs is 13. The molecule has 0 unspecified atom stereocenters. The lowest BCUT2D eigenvalue weighted by molar-refractivity contribution is -0.955. The Labute approximate surface area is 197 Å². The quantitative estimate of drug-likeness (QED) is 0.265. The molecule has 2 aliphatic heterocycles. The summed E-state index contributed by atoms with van der Waals surface area (Å²) < 4.78 is 11.3. The highest BCUT2D eigenvalue weighted by atomic mass is 16.3. The molecule has 8 rings (SSSR count). The first kappa shape index (κ1) is 18.2. The standard InChI is InChI=1S/C31H22N2O/c1-19-13-14-32-28(15-19)24-16-23-21-7-4-6-10-29(21)34-30(23)17-26(24)31(32)25-9-5-3-8-22(25)27-12-11-20(2)18-33(27)31/h3-18H,1-2H3/q+2/t31-/m0/s1. The first-order chi connectivity index (χ1) is 16.7. The highest BCUT2D eigenvalue weighted by Crippen LogP contribution is 2.48. The van der Waals surface area contributed by atoms with Gasteiger partial charge >= 0.3 is 5.66 Å². The van der Waals surface area contributed by atoms with Gasteiger partial charge < -0.3 is 4.42 Å². The third-order valence-electron chi connectivity index (χ3n) is 7.65. The summed E-state index contributed by atoms with van der Waals surface area (Å²) in [4.78, 5) is 0. The Morgan fingerprint density at radius 3 is 2.41 bits per heavy atom. The van der Waals surface area contributed by atoms with E-state index in [-0.39, 0.29) is 0 Å². The van der Waals surface area contributed by atoms with Crippen LogP contribution in [0.1, 0.15) is 22.3 Å². The van der Waals surface area contributed by atoms with Crippen molar-refractivity contribution in [2.45, 2.75) is 19.5 Å². The van der Waals surface area contributed by atoms with Crippen LogP contribution in [0.15, 0.2) is 102 Å². The summed E-state index contributed by atoms with van der Waals surface area (Å²) in [5.74, 6) is 0. The summed E-state index contributed by atoms with van der Waals surface area (Å²) >= 11 is 0. The van der Waals surface area contributed by atoms with Gasteiger partial charge in [-0.15, -0.1) is 9.13 Å². The van der Waals surface area contributed by atoms with E-state index in [4.69, 9.17) is 4.42 Å². The molecule has 2 aliphatic rings. The highest BCUT2D eigenvalue weighted by Gasteiger charge is 2.66. The third-order valence-corrected chi connectivity index (χ3v) is 7.65. The molecule has 0 N–H and O–H groups in total. The number of hydrogen-bond acceptors (Lipinski definition) is 1. The monoisotopic (exact) mass is 438 g/mol. The molecule has 0 fully saturated rings. The lowest BCUT2D eigenvalue weighted by Gasteiger charge is -2.17. The average molecular weight is 439 g/mol. The second-order valence-electron chi connectivity index (χ2n) is 9.63. The van der Waals surface area contributed by atoms with Gasteiger partial charge in [-0.25, -0.2) is 0 Å². The molecule has 34 heavy (non-hydrogen) atoms. The maximum absolute atomic E-state index is 6.38. The van der Waals surface area contributed by atoms with Crippen LogP contribution >= 0.6 is 0 Å². The van der Waals surface area contributed by atoms with Crippen molar-refractivity contribution in [1.29, 1.82) is 0 Å². The summed E-state index contributed by atoms with van der Waals surface area (Å²) in [6, 6.07) is 30.8. The Morgan fingerprint density at radius 1 is 0.618 bits per heavy atom. The second kappa shape index (κ2) is 6.00. The fourth-order valence-corrected chi connectivity index (χ4v) is 6.25. The van der Waals surface area contributed by atoms with Crippen molar-refractivity contribution in [2.24, 2.45) is 0 Å². The molecule has 0 radical (unpaired) electrons. The minimum absolute atomic E-state index is 0.497. The predicted molar refractivity (Wildman–Crippen MR) is 132 cm³/mol. The van der Waals surface area contributed by atoms with Crippen LogP contribution in [0.25, 0.3) is 44.5 Å². The van der Waals surface area contributed by atoms with Gasteiger partial charge in [-0.2, -0.15) is 0 Å². The number of furan rings is 1. The first-order valence-corrected chi connectivity index (χ1v) is 11.8. The lowest BCUT2D eigenvalue weighted by atomic mass is 9.89. The minimum atomic E-state index is -0.497. The van der Waals surface area contributed by atoms with Crippen molar-refractivity contribution >= 4 is 21.9 Å². The Hall–Kier alpha value is -4.24. The molecular weight excluding hydrogens is 416 g/mol. The Morgan fingerprint density at radius 2 is 1.47 bits per heavy atom. The summed E-state index contributed by atoms with van der Waals surface area (Å²) in [6.07, 6.45) is 4.55. The number of aryl methyl sites for hydroxylation is 2. The van der Waals surface area contributed by atoms with Gasteiger partial charge in [0.2, 0.25) is 11.4 Å². The minimum Gasteiger partial charge on any atom is -0.456 e. The molecule has 1 spiro atoms. The van der Waals surface area contributed by atoms with Crippen molar-refractivity contribution in [3.05, 3.63) is 120 Å². The largest absolute Gasteiger partial charge is 0.456 e. The van der Waals surface area contributed by atoms with Crippen LogP contribution in [0, 0.1) is 13.8 Å². The molecule has 3 aromatic heterocycles. The second-order valence-corrected chi connectivity index (χ2v) is 9.63. The third kappa shape index (κ3) is 2.00. The summed E-state index contributed by atoms with van der Waals surface area (Å²) in [5, 5.41) is 2.33. The van der Waals surface area contributed by atoms with Crippen LogP contribution in [0.4, 0.5) is 0 Å². The predicted octanol–water partition coefficient (Wildman–Crippen LogP) is 6.04. The molecule has 6 aromatic rings. The number of aromatic nitrogens is 2. The molecule has 1 atom stereocenters. The van der Waals surface area contributed by atoms with E-state index in [9.17, 15) is 0 Å². The summed E-state index contributed by atoms with van der Waals surface area (Å²) in [5.41, 5.74) is 11.4. The van der Waals surface area contributed by atoms with Crippen molar-refractivity contribution in [1.82, 2.24) is 0 Å². The molecule has 160 valence electrons. The Bertz CT molecular complexity index is 1840. The zero-order valence-corrected chi connectivity index (χ0v) is 19.0. The lowest BCUT2D eigenvalue weighted by Crippen LogP contribution is -2.71. The molecule has 5 heterocycles. The number of pyridine rings is 2. The summed E-state index contributed by atoms with van der Waals surface area (Å²) in [7, 11) is 0. The van der Waals surface area contributed by atoms with Crippen molar-refractivity contribution < 1.29 is 13.6 Å². The van der Waals surface area contributed by atoms with E-state index in [0.717, 1.165) is 16.6 Å². The van der Waals surface area contributed by atoms with E-state index < -0.39 is 5.66 Å². The molecule has 0 amide bonds. The van der Waals surface area contributed by atoms with Crippen LogP contribution in [0.2, 0.25) is 0 Å². The van der Waals surface area contributed by atoms with E-state index in [1.54, 1.807) is 0 Å². The molecule has 0 bridgehead atoms. The topological polar surface area (TPSA) is 20.9 Å². The molecule has 0 aliphatic carbocycles. The molecule has 3 heteroatoms. The Kier molecular flexibility index (Phi) is 3.22. The van der Waals surface area contributed by atoms with Crippen LogP contribution in [0.3, 0.4) is 0 Å². The molecule has 3 nitrogen and oxygen atoms in total. The van der Waals surface area contributed by atoms with Crippen LogP contribution < -0.4 is 9.13 Å². The van der Waals surface area contributed by atoms with Gasteiger partial charge in [-0.1, -0.05) is 30.3 Å². The van der Waals surface area contributed by atoms with E-state index in [0.29, 0.717) is 0 Å². The van der Waals surface area contributed by atoms with Crippen LogP contribution in [-0.2, 0) is 5.66 Å². The highest BCUT2D eigenvalue weighted by molar-refractivity contribution is 6.07. The van der Waals surface area contributed by atoms with E-state index in [1.807, 2.05) is 6.07 Å². The van der Waals surface area contributed by atoms with Gasteiger partial charge in [0.1, 0.15) is 22.3 Å². The number of hydrogen-bond donors (Lipinski definition) is 0. The van der Waals surface area contributed by atoms with Crippen molar-refractivity contribution in [3.63, 3.8) is 0 Å². The van der Waals surface area contributed by atoms with Gasteiger partial charge in [-0.05, 0) is 49.7 Å². The average Bonchev–Trinajstić information content (AvgIpc) is 3.45. The fourth-order valence-electron chi connectivity index (χ4n) is 6.25. The van der Waals surface area contributed by atoms with Gasteiger partial charge in [0.15, 0.2) is 12.4 Å². The summed E-state index contributed by atoms with van der Waals surface area (Å²) in [6.45, 7) is 4.34. The van der Waals surface area contributed by atoms with Crippen LogP contribution in [-0.4, -0.2) is 0 Å². The van der Waals surface area contributed by atoms with Gasteiger partial charge in [-0.3, -0.25) is 0 Å². The maximum atomic E-state index is 6.38. The molecular formula is C31H22N2O+2. The Balaban J connectivity index is 1.61. The molecule has 3 aromatic carbocycles. The fraction of sp³-hybridized carbons (Fsp3) is 0.0968. The van der Waals surface area contributed by atoms with E-state index in [1.165, 1.54) is 50.2 Å². The number of nitrogens with zero attached hydrogens (tertiary/aromatic N) is 2. The zero-order valence-electron chi connectivity index (χ0n) is 19.0. The first-order valence-electron chi connectivity index (χ1n) is 11.8. The van der Waals surface area contributed by atoms with Gasteiger partial charge in [0.25, 0.3) is 0 Å². The maximum Gasteiger partial charge on any atom is 0.417 e. The van der Waals surface area contributed by atoms with Crippen molar-refractivity contribution in [3.8, 4) is 22.5 Å². The number of para-hydroxylation sites is 1. The SMILES string of the molecule is Cc1cc[n+]2c(c1)-c1cc3c(cc1[C@@]21c2ccccc2-c2ccc(C)c[n+]21)oc1ccccc13. The number of benzene rings is 3.